The molecule has 1 atom stereocenters. The number of nitrogens with one attached hydrogen (secondary N) is 1. The van der Waals surface area contributed by atoms with Crippen LogP contribution in [0.1, 0.15) is 18.9 Å². The van der Waals surface area contributed by atoms with Crippen LogP contribution in [0.15, 0.2) is 59.5 Å². The summed E-state index contributed by atoms with van der Waals surface area (Å²) in [6.07, 6.45) is 0.911. The molecule has 0 unspecified atom stereocenters. The third-order valence-electron chi connectivity index (χ3n) is 3.49. The van der Waals surface area contributed by atoms with Crippen LogP contribution in [0.25, 0.3) is 0 Å². The zero-order chi connectivity index (χ0) is 18.3. The van der Waals surface area contributed by atoms with Gasteiger partial charge in [0.1, 0.15) is 11.8 Å². The maximum absolute atomic E-state index is 12.4. The summed E-state index contributed by atoms with van der Waals surface area (Å²) in [5, 5.41) is 9.34. The second kappa shape index (κ2) is 8.64. The number of hydrogen-bond acceptors (Lipinski definition) is 4. The topological polar surface area (TPSA) is 92.7 Å². The van der Waals surface area contributed by atoms with Gasteiger partial charge in [0.2, 0.25) is 10.0 Å². The molecule has 0 aliphatic rings. The van der Waals surface area contributed by atoms with Gasteiger partial charge in [0.15, 0.2) is 0 Å². The summed E-state index contributed by atoms with van der Waals surface area (Å²) in [4.78, 5) is 11.4. The number of ether oxygens (including phenoxy) is 1. The maximum Gasteiger partial charge on any atom is 0.322 e. The Labute approximate surface area is 147 Å². The van der Waals surface area contributed by atoms with Crippen LogP contribution in [0.3, 0.4) is 0 Å². The first-order valence-corrected chi connectivity index (χ1v) is 9.42. The van der Waals surface area contributed by atoms with Crippen LogP contribution in [-0.4, -0.2) is 32.1 Å². The quantitative estimate of drug-likeness (QED) is 0.714. The normalized spacial score (nSPS) is 12.5. The fourth-order valence-electron chi connectivity index (χ4n) is 2.22. The second-order valence-electron chi connectivity index (χ2n) is 5.52. The van der Waals surface area contributed by atoms with Gasteiger partial charge in [-0.2, -0.15) is 4.72 Å². The molecular weight excluding hydrogens is 342 g/mol. The zero-order valence-corrected chi connectivity index (χ0v) is 14.7. The monoisotopic (exact) mass is 363 g/mol. The van der Waals surface area contributed by atoms with Gasteiger partial charge < -0.3 is 9.84 Å². The van der Waals surface area contributed by atoms with Gasteiger partial charge in [-0.15, -0.1) is 0 Å². The van der Waals surface area contributed by atoms with Crippen LogP contribution in [0.4, 0.5) is 0 Å². The Kier molecular flexibility index (Phi) is 6.55. The molecule has 0 heterocycles. The van der Waals surface area contributed by atoms with E-state index in [9.17, 15) is 18.3 Å². The first-order valence-electron chi connectivity index (χ1n) is 7.94. The van der Waals surface area contributed by atoms with E-state index in [4.69, 9.17) is 4.74 Å². The van der Waals surface area contributed by atoms with Gasteiger partial charge in [0.25, 0.3) is 0 Å². The maximum atomic E-state index is 12.4. The average molecular weight is 363 g/mol. The Morgan fingerprint density at radius 3 is 2.32 bits per heavy atom. The van der Waals surface area contributed by atoms with E-state index in [1.54, 1.807) is 36.4 Å². The van der Waals surface area contributed by atoms with Crippen molar-refractivity contribution in [1.29, 1.82) is 0 Å². The van der Waals surface area contributed by atoms with Crippen LogP contribution >= 0.6 is 0 Å². The molecule has 2 aromatic rings. The number of benzene rings is 2. The van der Waals surface area contributed by atoms with Crippen molar-refractivity contribution in [2.75, 3.05) is 6.61 Å². The second-order valence-corrected chi connectivity index (χ2v) is 7.24. The Balaban J connectivity index is 2.12. The summed E-state index contributed by atoms with van der Waals surface area (Å²) >= 11 is 0. The fraction of sp³-hybridized carbons (Fsp3) is 0.278. The lowest BCUT2D eigenvalue weighted by molar-refractivity contribution is -0.138. The van der Waals surface area contributed by atoms with Crippen molar-refractivity contribution in [2.45, 2.75) is 30.7 Å². The van der Waals surface area contributed by atoms with Gasteiger partial charge in [0.05, 0.1) is 11.5 Å². The summed E-state index contributed by atoms with van der Waals surface area (Å²) in [6.45, 7) is 2.52. The molecule has 2 rings (SSSR count). The average Bonchev–Trinajstić information content (AvgIpc) is 2.60. The predicted octanol–water partition coefficient (Wildman–Crippen LogP) is 2.45. The van der Waals surface area contributed by atoms with E-state index in [1.807, 2.05) is 13.0 Å². The lowest BCUT2D eigenvalue weighted by Crippen LogP contribution is -2.42. The van der Waals surface area contributed by atoms with Gasteiger partial charge in [-0.25, -0.2) is 8.42 Å². The van der Waals surface area contributed by atoms with Gasteiger partial charge in [-0.05, 0) is 42.7 Å². The van der Waals surface area contributed by atoms with Crippen molar-refractivity contribution >= 4 is 16.0 Å². The van der Waals surface area contributed by atoms with Gasteiger partial charge in [0, 0.05) is 0 Å². The summed E-state index contributed by atoms with van der Waals surface area (Å²) in [7, 11) is -3.95. The molecule has 0 saturated heterocycles. The molecule has 0 radical (unpaired) electrons. The van der Waals surface area contributed by atoms with E-state index in [-0.39, 0.29) is 11.3 Å². The smallest absolute Gasteiger partial charge is 0.322 e. The predicted molar refractivity (Wildman–Crippen MR) is 94.1 cm³/mol. The molecule has 2 aromatic carbocycles. The van der Waals surface area contributed by atoms with Crippen LogP contribution < -0.4 is 9.46 Å². The van der Waals surface area contributed by atoms with E-state index in [0.29, 0.717) is 12.4 Å². The summed E-state index contributed by atoms with van der Waals surface area (Å²) in [5.41, 5.74) is 0.737. The lowest BCUT2D eigenvalue weighted by Gasteiger charge is -2.15. The standard InChI is InChI=1S/C18H21NO5S/c1-2-12-24-15-8-10-16(11-9-15)25(22,23)19-17(18(20)21)13-14-6-4-3-5-7-14/h3-11,17,19H,2,12-13H2,1H3,(H,20,21)/t17-/m0/s1. The van der Waals surface area contributed by atoms with E-state index in [0.717, 1.165) is 12.0 Å². The Morgan fingerprint density at radius 1 is 1.12 bits per heavy atom. The van der Waals surface area contributed by atoms with Gasteiger partial charge in [-0.3, -0.25) is 4.79 Å². The third kappa shape index (κ3) is 5.58. The van der Waals surface area contributed by atoms with E-state index < -0.39 is 22.0 Å². The first-order chi connectivity index (χ1) is 11.9. The highest BCUT2D eigenvalue weighted by atomic mass is 32.2. The van der Waals surface area contributed by atoms with E-state index >= 15 is 0 Å². The molecule has 0 aliphatic heterocycles. The minimum atomic E-state index is -3.95. The highest BCUT2D eigenvalue weighted by molar-refractivity contribution is 7.89. The molecule has 0 fully saturated rings. The van der Waals surface area contributed by atoms with Crippen molar-refractivity contribution in [3.05, 3.63) is 60.2 Å². The van der Waals surface area contributed by atoms with Gasteiger partial charge >= 0.3 is 5.97 Å². The third-order valence-corrected chi connectivity index (χ3v) is 4.97. The molecule has 0 bridgehead atoms. The molecule has 2 N–H and O–H groups in total. The van der Waals surface area contributed by atoms with Gasteiger partial charge in [-0.1, -0.05) is 37.3 Å². The molecule has 6 nitrogen and oxygen atoms in total. The molecule has 0 spiro atoms. The number of carbonyl (C=O) groups is 1. The highest BCUT2D eigenvalue weighted by Crippen LogP contribution is 2.17. The molecule has 0 saturated carbocycles. The molecule has 0 aromatic heterocycles. The molecule has 0 amide bonds. The van der Waals surface area contributed by atoms with Crippen LogP contribution in [0, 0.1) is 0 Å². The molecule has 134 valence electrons. The summed E-state index contributed by atoms with van der Waals surface area (Å²) in [6, 6.07) is 13.5. The molecular formula is C18H21NO5S. The minimum Gasteiger partial charge on any atom is -0.494 e. The highest BCUT2D eigenvalue weighted by Gasteiger charge is 2.25. The van der Waals surface area contributed by atoms with Crippen LogP contribution in [-0.2, 0) is 21.2 Å². The SMILES string of the molecule is CCCOc1ccc(S(=O)(=O)N[C@@H](Cc2ccccc2)C(=O)O)cc1. The molecule has 25 heavy (non-hydrogen) atoms. The summed E-state index contributed by atoms with van der Waals surface area (Å²) < 4.78 is 32.6. The number of carboxylic acid groups (broad SMARTS) is 1. The van der Waals surface area contributed by atoms with Crippen LogP contribution in [0.5, 0.6) is 5.75 Å². The molecule has 7 heteroatoms. The van der Waals surface area contributed by atoms with Crippen LogP contribution in [0.2, 0.25) is 0 Å². The largest absolute Gasteiger partial charge is 0.494 e. The lowest BCUT2D eigenvalue weighted by atomic mass is 10.1. The Morgan fingerprint density at radius 2 is 1.76 bits per heavy atom. The zero-order valence-electron chi connectivity index (χ0n) is 13.9. The number of sulfonamides is 1. The molecule has 0 aliphatic carbocycles. The Bertz CT molecular complexity index is 788. The number of hydrogen-bond donors (Lipinski definition) is 2. The number of rotatable bonds is 9. The van der Waals surface area contributed by atoms with E-state index in [2.05, 4.69) is 4.72 Å². The fourth-order valence-corrected chi connectivity index (χ4v) is 3.41. The Hall–Kier alpha value is -2.38. The van der Waals surface area contributed by atoms with E-state index in [1.165, 1.54) is 12.1 Å². The van der Waals surface area contributed by atoms with Crippen molar-refractivity contribution in [1.82, 2.24) is 4.72 Å². The first kappa shape index (κ1) is 19.0. The van der Waals surface area contributed by atoms with Crippen molar-refractivity contribution in [2.24, 2.45) is 0 Å². The number of carboxylic acids is 1. The number of aliphatic carboxylic acids is 1. The van der Waals surface area contributed by atoms with Crippen molar-refractivity contribution in [3.63, 3.8) is 0 Å². The minimum absolute atomic E-state index is 0.00402. The van der Waals surface area contributed by atoms with Crippen molar-refractivity contribution < 1.29 is 23.1 Å². The summed E-state index contributed by atoms with van der Waals surface area (Å²) in [5.74, 6) is -0.657. The van der Waals surface area contributed by atoms with Crippen molar-refractivity contribution in [3.8, 4) is 5.75 Å².